The van der Waals surface area contributed by atoms with Gasteiger partial charge in [-0.15, -0.1) is 11.3 Å². The van der Waals surface area contributed by atoms with Crippen molar-refractivity contribution in [2.45, 2.75) is 63.8 Å². The Morgan fingerprint density at radius 2 is 1.73 bits per heavy atom. The molecule has 2 aromatic rings. The zero-order valence-electron chi connectivity index (χ0n) is 16.9. The number of ether oxygens (including phenoxy) is 2. The Hall–Kier alpha value is -2.54. The van der Waals surface area contributed by atoms with Crippen LogP contribution in [0.4, 0.5) is 5.00 Å². The fourth-order valence-electron chi connectivity index (χ4n) is 4.61. The first-order valence-corrected chi connectivity index (χ1v) is 11.7. The Labute approximate surface area is 180 Å². The second kappa shape index (κ2) is 8.30. The maximum atomic E-state index is 13.2. The molecule has 0 spiro atoms. The SMILES string of the molecule is O=C(Nc1sc2c(c1C(=O)NC1CCCCC1)CCCC2)c1ccc2c(c1)OCO2. The van der Waals surface area contributed by atoms with Crippen LogP contribution >= 0.6 is 11.3 Å². The van der Waals surface area contributed by atoms with Crippen LogP contribution in [0, 0.1) is 0 Å². The van der Waals surface area contributed by atoms with Crippen molar-refractivity contribution < 1.29 is 19.1 Å². The van der Waals surface area contributed by atoms with Gasteiger partial charge >= 0.3 is 0 Å². The van der Waals surface area contributed by atoms with Crippen LogP contribution in [-0.2, 0) is 12.8 Å². The van der Waals surface area contributed by atoms with Crippen molar-refractivity contribution in [3.63, 3.8) is 0 Å². The van der Waals surface area contributed by atoms with Crippen molar-refractivity contribution in [3.8, 4) is 11.5 Å². The zero-order valence-corrected chi connectivity index (χ0v) is 17.7. The van der Waals surface area contributed by atoms with Crippen LogP contribution in [0.2, 0.25) is 0 Å². The van der Waals surface area contributed by atoms with Crippen LogP contribution in [0.3, 0.4) is 0 Å². The predicted molar refractivity (Wildman–Crippen MR) is 116 cm³/mol. The molecule has 1 aliphatic heterocycles. The second-order valence-corrected chi connectivity index (χ2v) is 9.35. The number of carbonyl (C=O) groups is 2. The minimum Gasteiger partial charge on any atom is -0.454 e. The number of hydrogen-bond acceptors (Lipinski definition) is 5. The summed E-state index contributed by atoms with van der Waals surface area (Å²) >= 11 is 1.55. The summed E-state index contributed by atoms with van der Waals surface area (Å²) in [5, 5.41) is 6.92. The number of nitrogens with one attached hydrogen (secondary N) is 2. The molecular weight excluding hydrogens is 400 g/mol. The van der Waals surface area contributed by atoms with E-state index in [0.717, 1.165) is 44.1 Å². The highest BCUT2D eigenvalue weighted by Gasteiger charge is 2.28. The molecule has 1 aromatic carbocycles. The molecule has 0 radical (unpaired) electrons. The fourth-order valence-corrected chi connectivity index (χ4v) is 5.89. The standard InChI is InChI=1S/C23H26N2O4S/c26-21(14-10-11-17-18(12-14)29-13-28-17)25-23-20(16-8-4-5-9-19(16)30-23)22(27)24-15-6-2-1-3-7-15/h10-12,15H,1-9,13H2,(H,24,27)(H,25,26). The summed E-state index contributed by atoms with van der Waals surface area (Å²) in [7, 11) is 0. The maximum Gasteiger partial charge on any atom is 0.256 e. The van der Waals surface area contributed by atoms with Gasteiger partial charge in [0.1, 0.15) is 5.00 Å². The summed E-state index contributed by atoms with van der Waals surface area (Å²) in [5.74, 6) is 0.940. The molecule has 0 saturated heterocycles. The second-order valence-electron chi connectivity index (χ2n) is 8.25. The van der Waals surface area contributed by atoms with Crippen LogP contribution in [0.15, 0.2) is 18.2 Å². The van der Waals surface area contributed by atoms with E-state index in [2.05, 4.69) is 10.6 Å². The summed E-state index contributed by atoms with van der Waals surface area (Å²) in [5.41, 5.74) is 2.29. The number of fused-ring (bicyclic) bond motifs is 2. The molecule has 2 amide bonds. The van der Waals surface area contributed by atoms with E-state index in [-0.39, 0.29) is 24.6 Å². The van der Waals surface area contributed by atoms with Crippen molar-refractivity contribution in [2.24, 2.45) is 0 Å². The van der Waals surface area contributed by atoms with Crippen molar-refractivity contribution >= 4 is 28.2 Å². The van der Waals surface area contributed by atoms with E-state index in [1.54, 1.807) is 29.5 Å². The molecule has 5 rings (SSSR count). The smallest absolute Gasteiger partial charge is 0.256 e. The maximum absolute atomic E-state index is 13.2. The van der Waals surface area contributed by atoms with Gasteiger partial charge in [-0.3, -0.25) is 9.59 Å². The lowest BCUT2D eigenvalue weighted by Gasteiger charge is -2.23. The molecule has 30 heavy (non-hydrogen) atoms. The average molecular weight is 427 g/mol. The molecule has 3 aliphatic rings. The van der Waals surface area contributed by atoms with Crippen LogP contribution in [0.5, 0.6) is 11.5 Å². The Morgan fingerprint density at radius 3 is 2.60 bits per heavy atom. The molecule has 1 fully saturated rings. The number of anilines is 1. The van der Waals surface area contributed by atoms with E-state index in [0.29, 0.717) is 27.6 Å². The molecule has 2 N–H and O–H groups in total. The minimum absolute atomic E-state index is 0.0395. The summed E-state index contributed by atoms with van der Waals surface area (Å²) in [6, 6.07) is 5.39. The van der Waals surface area contributed by atoms with E-state index < -0.39 is 0 Å². The molecule has 1 aromatic heterocycles. The molecule has 7 heteroatoms. The van der Waals surface area contributed by atoms with Gasteiger partial charge in [-0.1, -0.05) is 19.3 Å². The van der Waals surface area contributed by atoms with Gasteiger partial charge in [0, 0.05) is 16.5 Å². The predicted octanol–water partition coefficient (Wildman–Crippen LogP) is 4.67. The van der Waals surface area contributed by atoms with Gasteiger partial charge in [-0.25, -0.2) is 0 Å². The van der Waals surface area contributed by atoms with Crippen LogP contribution < -0.4 is 20.1 Å². The first-order valence-electron chi connectivity index (χ1n) is 10.9. The number of hydrogen-bond donors (Lipinski definition) is 2. The first kappa shape index (κ1) is 19.4. The van der Waals surface area contributed by atoms with Crippen LogP contribution in [-0.4, -0.2) is 24.6 Å². The molecule has 6 nitrogen and oxygen atoms in total. The van der Waals surface area contributed by atoms with E-state index in [4.69, 9.17) is 9.47 Å². The Kier molecular flexibility index (Phi) is 5.37. The van der Waals surface area contributed by atoms with Gasteiger partial charge < -0.3 is 20.1 Å². The lowest BCUT2D eigenvalue weighted by Crippen LogP contribution is -2.37. The summed E-state index contributed by atoms with van der Waals surface area (Å²) in [4.78, 5) is 27.4. The molecule has 0 unspecified atom stereocenters. The lowest BCUT2D eigenvalue weighted by molar-refractivity contribution is 0.0928. The van der Waals surface area contributed by atoms with Gasteiger partial charge in [-0.2, -0.15) is 0 Å². The number of amides is 2. The van der Waals surface area contributed by atoms with E-state index in [1.165, 1.54) is 24.1 Å². The van der Waals surface area contributed by atoms with E-state index in [1.807, 2.05) is 0 Å². The van der Waals surface area contributed by atoms with Gasteiger partial charge in [-0.05, 0) is 62.3 Å². The topological polar surface area (TPSA) is 76.7 Å². The molecule has 158 valence electrons. The first-order chi connectivity index (χ1) is 14.7. The molecule has 1 saturated carbocycles. The monoisotopic (exact) mass is 426 g/mol. The van der Waals surface area contributed by atoms with Crippen molar-refractivity contribution in [2.75, 3.05) is 12.1 Å². The number of rotatable bonds is 4. The largest absolute Gasteiger partial charge is 0.454 e. The highest BCUT2D eigenvalue weighted by Crippen LogP contribution is 2.39. The van der Waals surface area contributed by atoms with Crippen molar-refractivity contribution in [1.29, 1.82) is 0 Å². The Morgan fingerprint density at radius 1 is 0.933 bits per heavy atom. The third kappa shape index (κ3) is 3.78. The molecular formula is C23H26N2O4S. The number of thiophene rings is 1. The van der Waals surface area contributed by atoms with Gasteiger partial charge in [0.25, 0.3) is 11.8 Å². The summed E-state index contributed by atoms with van der Waals surface area (Å²) < 4.78 is 10.7. The highest BCUT2D eigenvalue weighted by molar-refractivity contribution is 7.17. The third-order valence-corrected chi connectivity index (χ3v) is 7.41. The van der Waals surface area contributed by atoms with E-state index in [9.17, 15) is 9.59 Å². The Bertz CT molecular complexity index is 978. The lowest BCUT2D eigenvalue weighted by atomic mass is 9.93. The van der Waals surface area contributed by atoms with Gasteiger partial charge in [0.2, 0.25) is 6.79 Å². The van der Waals surface area contributed by atoms with Crippen molar-refractivity contribution in [3.05, 3.63) is 39.8 Å². The quantitative estimate of drug-likeness (QED) is 0.745. The molecule has 0 atom stereocenters. The van der Waals surface area contributed by atoms with Crippen LogP contribution in [0.25, 0.3) is 0 Å². The minimum atomic E-state index is -0.237. The number of benzene rings is 1. The van der Waals surface area contributed by atoms with Gasteiger partial charge in [0.05, 0.1) is 5.56 Å². The molecule has 2 heterocycles. The molecule has 2 aliphatic carbocycles. The average Bonchev–Trinajstić information content (AvgIpc) is 3.37. The Balaban J connectivity index is 1.40. The number of carbonyl (C=O) groups excluding carboxylic acids is 2. The molecule has 0 bridgehead atoms. The fraction of sp³-hybridized carbons (Fsp3) is 0.478. The number of aryl methyl sites for hydroxylation is 1. The summed E-state index contributed by atoms with van der Waals surface area (Å²) in [6.45, 7) is 0.170. The zero-order chi connectivity index (χ0) is 20.5. The van der Waals surface area contributed by atoms with Gasteiger partial charge in [0.15, 0.2) is 11.5 Å². The normalized spacial score (nSPS) is 18.0. The third-order valence-electron chi connectivity index (χ3n) is 6.20. The summed E-state index contributed by atoms with van der Waals surface area (Å²) in [6.07, 6.45) is 9.75. The van der Waals surface area contributed by atoms with Crippen molar-refractivity contribution in [1.82, 2.24) is 5.32 Å². The van der Waals surface area contributed by atoms with E-state index >= 15 is 0 Å². The van der Waals surface area contributed by atoms with Crippen LogP contribution in [0.1, 0.15) is 76.1 Å². The highest BCUT2D eigenvalue weighted by atomic mass is 32.1.